The summed E-state index contributed by atoms with van der Waals surface area (Å²) in [6.07, 6.45) is 3.66. The molecule has 1 atom stereocenters. The van der Waals surface area contributed by atoms with Gasteiger partial charge in [-0.25, -0.2) is 4.79 Å². The number of nitrogens with zero attached hydrogens (tertiary/aromatic N) is 1. The Labute approximate surface area is 191 Å². The molecule has 0 bridgehead atoms. The Morgan fingerprint density at radius 3 is 2.39 bits per heavy atom. The van der Waals surface area contributed by atoms with Crippen LogP contribution in [-0.2, 0) is 14.3 Å². The summed E-state index contributed by atoms with van der Waals surface area (Å²) < 4.78 is 11.0. The van der Waals surface area contributed by atoms with Crippen LogP contribution >= 0.6 is 0 Å². The molecule has 4 rings (SSSR count). The highest BCUT2D eigenvalue weighted by molar-refractivity contribution is 5.97. The van der Waals surface area contributed by atoms with Crippen LogP contribution in [0.2, 0.25) is 0 Å². The summed E-state index contributed by atoms with van der Waals surface area (Å²) in [7, 11) is 0. The van der Waals surface area contributed by atoms with Crippen LogP contribution in [0.25, 0.3) is 17.0 Å². The predicted octanol–water partition coefficient (Wildman–Crippen LogP) is 5.61. The largest absolute Gasteiger partial charge is 0.457 e. The van der Waals surface area contributed by atoms with E-state index in [9.17, 15) is 9.59 Å². The van der Waals surface area contributed by atoms with E-state index in [0.717, 1.165) is 22.2 Å². The summed E-state index contributed by atoms with van der Waals surface area (Å²) in [4.78, 5) is 29.0. The van der Waals surface area contributed by atoms with Crippen molar-refractivity contribution in [2.24, 2.45) is 0 Å². The van der Waals surface area contributed by atoms with Crippen LogP contribution in [0.4, 0.5) is 5.69 Å². The average Bonchev–Trinajstić information content (AvgIpc) is 2.84. The summed E-state index contributed by atoms with van der Waals surface area (Å²) >= 11 is 0. The Balaban J connectivity index is 1.31. The zero-order chi connectivity index (χ0) is 23.0. The number of hydrogen-bond donors (Lipinski definition) is 1. The van der Waals surface area contributed by atoms with Crippen molar-refractivity contribution in [2.45, 2.75) is 13.0 Å². The molecule has 3 aromatic carbocycles. The second-order valence-electron chi connectivity index (χ2n) is 7.26. The molecule has 1 N–H and O–H groups in total. The molecule has 0 aliphatic carbocycles. The number of fused-ring (bicyclic) bond motifs is 1. The van der Waals surface area contributed by atoms with Crippen molar-refractivity contribution in [1.29, 1.82) is 0 Å². The van der Waals surface area contributed by atoms with E-state index in [-0.39, 0.29) is 0 Å². The number of carbonyl (C=O) groups is 2. The van der Waals surface area contributed by atoms with Crippen molar-refractivity contribution >= 4 is 34.5 Å². The molecule has 0 aliphatic heterocycles. The highest BCUT2D eigenvalue weighted by atomic mass is 16.5. The lowest BCUT2D eigenvalue weighted by molar-refractivity contribution is -0.148. The Bertz CT molecular complexity index is 1280. The molecule has 1 aromatic heterocycles. The Morgan fingerprint density at radius 2 is 1.61 bits per heavy atom. The number of nitrogens with one attached hydrogen (secondary N) is 1. The molecule has 0 fully saturated rings. The monoisotopic (exact) mass is 438 g/mol. The smallest absolute Gasteiger partial charge is 0.331 e. The molecule has 0 aliphatic rings. The van der Waals surface area contributed by atoms with Gasteiger partial charge in [-0.3, -0.25) is 9.78 Å². The second-order valence-corrected chi connectivity index (χ2v) is 7.26. The van der Waals surface area contributed by atoms with E-state index < -0.39 is 18.0 Å². The van der Waals surface area contributed by atoms with Crippen molar-refractivity contribution in [1.82, 2.24) is 4.98 Å². The normalized spacial score (nSPS) is 11.8. The van der Waals surface area contributed by atoms with Gasteiger partial charge >= 0.3 is 5.97 Å². The van der Waals surface area contributed by atoms with Gasteiger partial charge in [0.15, 0.2) is 6.10 Å². The summed E-state index contributed by atoms with van der Waals surface area (Å²) in [5.74, 6) is 0.325. The number of rotatable bonds is 7. The third-order valence-electron chi connectivity index (χ3n) is 4.83. The minimum Gasteiger partial charge on any atom is -0.457 e. The average molecular weight is 438 g/mol. The Morgan fingerprint density at radius 1 is 0.879 bits per heavy atom. The summed E-state index contributed by atoms with van der Waals surface area (Å²) in [6.45, 7) is 1.52. The van der Waals surface area contributed by atoms with Gasteiger partial charge in [0.1, 0.15) is 11.5 Å². The molecular formula is C27H22N2O4. The van der Waals surface area contributed by atoms with Gasteiger partial charge in [0, 0.05) is 28.9 Å². The van der Waals surface area contributed by atoms with Crippen molar-refractivity contribution in [3.05, 3.63) is 103 Å². The van der Waals surface area contributed by atoms with Crippen LogP contribution in [0, 0.1) is 0 Å². The van der Waals surface area contributed by atoms with Crippen molar-refractivity contribution in [3.8, 4) is 11.5 Å². The highest BCUT2D eigenvalue weighted by Crippen LogP contribution is 2.23. The molecule has 6 heteroatoms. The maximum Gasteiger partial charge on any atom is 0.331 e. The molecule has 0 spiro atoms. The number of amides is 1. The fraction of sp³-hybridized carbons (Fsp3) is 0.0741. The molecule has 4 aromatic rings. The standard InChI is InChI=1S/C27H22N2O4/c1-19(32-25(30)17-12-21-8-5-7-20-9-6-18-28-26(20)21)27(31)29-22-13-15-24(16-14-22)33-23-10-3-2-4-11-23/h2-19H,1H3,(H,29,31)/b17-12+. The minimum absolute atomic E-state index is 0.430. The fourth-order valence-corrected chi connectivity index (χ4v) is 3.16. The minimum atomic E-state index is -0.965. The molecule has 0 radical (unpaired) electrons. The van der Waals surface area contributed by atoms with Gasteiger partial charge in [0.2, 0.25) is 0 Å². The molecule has 1 amide bonds. The van der Waals surface area contributed by atoms with Gasteiger partial charge in [-0.2, -0.15) is 0 Å². The summed E-state index contributed by atoms with van der Waals surface area (Å²) in [5.41, 5.74) is 2.15. The number of benzene rings is 3. The van der Waals surface area contributed by atoms with Crippen LogP contribution in [0.3, 0.4) is 0 Å². The summed E-state index contributed by atoms with van der Waals surface area (Å²) in [5, 5.41) is 3.70. The molecule has 0 saturated carbocycles. The third kappa shape index (κ3) is 5.83. The number of anilines is 1. The first kappa shape index (κ1) is 21.8. The van der Waals surface area contributed by atoms with E-state index in [1.165, 1.54) is 13.0 Å². The first-order valence-electron chi connectivity index (χ1n) is 10.4. The van der Waals surface area contributed by atoms with Crippen molar-refractivity contribution < 1.29 is 19.1 Å². The molecule has 0 saturated heterocycles. The predicted molar refractivity (Wildman–Crippen MR) is 128 cm³/mol. The van der Waals surface area contributed by atoms with Crippen molar-refractivity contribution in [3.63, 3.8) is 0 Å². The molecule has 6 nitrogen and oxygen atoms in total. The van der Waals surface area contributed by atoms with Gasteiger partial charge in [0.05, 0.1) is 5.52 Å². The Kier molecular flexibility index (Phi) is 6.75. The molecule has 1 heterocycles. The van der Waals surface area contributed by atoms with E-state index in [4.69, 9.17) is 9.47 Å². The van der Waals surface area contributed by atoms with Gasteiger partial charge in [0.25, 0.3) is 5.91 Å². The molecular weight excluding hydrogens is 416 g/mol. The first-order chi connectivity index (χ1) is 16.1. The SMILES string of the molecule is CC(OC(=O)/C=C/c1cccc2cccnc12)C(=O)Nc1ccc(Oc2ccccc2)cc1. The first-order valence-corrected chi connectivity index (χ1v) is 10.4. The zero-order valence-corrected chi connectivity index (χ0v) is 18.0. The van der Waals surface area contributed by atoms with Crippen LogP contribution in [-0.4, -0.2) is 23.0 Å². The zero-order valence-electron chi connectivity index (χ0n) is 18.0. The van der Waals surface area contributed by atoms with E-state index in [2.05, 4.69) is 10.3 Å². The van der Waals surface area contributed by atoms with Crippen LogP contribution in [0.5, 0.6) is 11.5 Å². The number of ether oxygens (including phenoxy) is 2. The number of hydrogen-bond acceptors (Lipinski definition) is 5. The van der Waals surface area contributed by atoms with Gasteiger partial charge < -0.3 is 14.8 Å². The van der Waals surface area contributed by atoms with Crippen LogP contribution in [0.15, 0.2) is 97.2 Å². The number of carbonyl (C=O) groups excluding carboxylic acids is 2. The summed E-state index contributed by atoms with van der Waals surface area (Å²) in [6, 6.07) is 25.9. The number of pyridine rings is 1. The topological polar surface area (TPSA) is 77.5 Å². The highest BCUT2D eigenvalue weighted by Gasteiger charge is 2.17. The number of para-hydroxylation sites is 2. The Hall–Kier alpha value is -4.45. The van der Waals surface area contributed by atoms with E-state index in [1.54, 1.807) is 36.5 Å². The van der Waals surface area contributed by atoms with Gasteiger partial charge in [-0.1, -0.05) is 42.5 Å². The lowest BCUT2D eigenvalue weighted by atomic mass is 10.1. The lowest BCUT2D eigenvalue weighted by Gasteiger charge is -2.13. The quantitative estimate of drug-likeness (QED) is 0.300. The third-order valence-corrected chi connectivity index (χ3v) is 4.83. The fourth-order valence-electron chi connectivity index (χ4n) is 3.16. The molecule has 1 unspecified atom stereocenters. The van der Waals surface area contributed by atoms with Crippen molar-refractivity contribution in [2.75, 3.05) is 5.32 Å². The second kappa shape index (κ2) is 10.2. The van der Waals surface area contributed by atoms with Gasteiger partial charge in [-0.15, -0.1) is 0 Å². The van der Waals surface area contributed by atoms with E-state index in [0.29, 0.717) is 11.4 Å². The van der Waals surface area contributed by atoms with Crippen LogP contribution in [0.1, 0.15) is 12.5 Å². The number of aromatic nitrogens is 1. The maximum absolute atomic E-state index is 12.4. The van der Waals surface area contributed by atoms with Crippen LogP contribution < -0.4 is 10.1 Å². The van der Waals surface area contributed by atoms with E-state index >= 15 is 0 Å². The number of esters is 1. The lowest BCUT2D eigenvalue weighted by Crippen LogP contribution is -2.29. The maximum atomic E-state index is 12.4. The van der Waals surface area contributed by atoms with E-state index in [1.807, 2.05) is 60.7 Å². The van der Waals surface area contributed by atoms with Gasteiger partial charge in [-0.05, 0) is 55.5 Å². The molecule has 33 heavy (non-hydrogen) atoms. The molecule has 164 valence electrons.